The number of carbonyl (C=O) groups excluding carboxylic acids is 1. The van der Waals surface area contributed by atoms with Crippen molar-refractivity contribution in [1.29, 1.82) is 0 Å². The molecule has 2 aromatic heterocycles. The van der Waals surface area contributed by atoms with Crippen molar-refractivity contribution in [2.24, 2.45) is 0 Å². The molecule has 9 heteroatoms. The van der Waals surface area contributed by atoms with E-state index < -0.39 is 21.4 Å². The average molecular weight is 444 g/mol. The zero-order valence-electron chi connectivity index (χ0n) is 16.0. The van der Waals surface area contributed by atoms with Gasteiger partial charge < -0.3 is 9.88 Å². The molecule has 4 rings (SSSR count). The van der Waals surface area contributed by atoms with E-state index in [0.29, 0.717) is 16.0 Å². The van der Waals surface area contributed by atoms with Crippen molar-refractivity contribution in [1.82, 2.24) is 9.55 Å². The summed E-state index contributed by atoms with van der Waals surface area (Å²) in [6, 6.07) is 12.7. The van der Waals surface area contributed by atoms with E-state index in [1.54, 1.807) is 34.9 Å². The third kappa shape index (κ3) is 4.12. The minimum Gasteiger partial charge on any atom is -0.337 e. The molecular formula is C21H18FN3O3S2. The molecule has 0 aliphatic carbocycles. The third-order valence-electron chi connectivity index (χ3n) is 4.57. The van der Waals surface area contributed by atoms with Gasteiger partial charge in [0.05, 0.1) is 16.3 Å². The maximum absolute atomic E-state index is 14.0. The number of amides is 1. The van der Waals surface area contributed by atoms with Crippen molar-refractivity contribution in [3.8, 4) is 0 Å². The van der Waals surface area contributed by atoms with Crippen molar-refractivity contribution in [2.45, 2.75) is 24.1 Å². The van der Waals surface area contributed by atoms with E-state index in [1.807, 2.05) is 12.3 Å². The zero-order valence-corrected chi connectivity index (χ0v) is 17.6. The smallest absolute Gasteiger partial charge is 0.246 e. The van der Waals surface area contributed by atoms with Gasteiger partial charge in [0.2, 0.25) is 5.91 Å². The number of carbonyl (C=O) groups is 1. The topological polar surface area (TPSA) is 81.1 Å². The van der Waals surface area contributed by atoms with Gasteiger partial charge in [-0.15, -0.1) is 11.3 Å². The number of hydrogen-bond acceptors (Lipinski definition) is 5. The van der Waals surface area contributed by atoms with Crippen molar-refractivity contribution >= 4 is 43.1 Å². The number of para-hydroxylation sites is 1. The second-order valence-corrected chi connectivity index (χ2v) is 9.65. The van der Waals surface area contributed by atoms with E-state index >= 15 is 0 Å². The van der Waals surface area contributed by atoms with Crippen LogP contribution in [-0.4, -0.2) is 23.9 Å². The average Bonchev–Trinajstić information content (AvgIpc) is 3.27. The molecule has 2 heterocycles. The largest absolute Gasteiger partial charge is 0.337 e. The summed E-state index contributed by atoms with van der Waals surface area (Å²) in [5.41, 5.74) is 1.52. The van der Waals surface area contributed by atoms with Crippen LogP contribution >= 0.6 is 11.3 Å². The lowest BCUT2D eigenvalue weighted by molar-refractivity contribution is -0.116. The Balaban J connectivity index is 1.66. The molecule has 1 amide bonds. The van der Waals surface area contributed by atoms with Crippen molar-refractivity contribution < 1.29 is 17.6 Å². The van der Waals surface area contributed by atoms with Gasteiger partial charge in [-0.1, -0.05) is 36.4 Å². The number of nitrogens with zero attached hydrogens (tertiary/aromatic N) is 2. The van der Waals surface area contributed by atoms with Crippen LogP contribution < -0.4 is 5.32 Å². The second-order valence-electron chi connectivity index (χ2n) is 6.83. The lowest BCUT2D eigenvalue weighted by Crippen LogP contribution is -2.18. The maximum Gasteiger partial charge on any atom is 0.246 e. The first kappa shape index (κ1) is 20.2. The van der Waals surface area contributed by atoms with E-state index in [4.69, 9.17) is 0 Å². The Labute approximate surface area is 176 Å². The lowest BCUT2D eigenvalue weighted by atomic mass is 10.2. The van der Waals surface area contributed by atoms with Gasteiger partial charge in [0, 0.05) is 28.0 Å². The lowest BCUT2D eigenvalue weighted by Gasteiger charge is -2.05. The number of rotatable bonds is 6. The Morgan fingerprint density at radius 3 is 2.63 bits per heavy atom. The minimum atomic E-state index is -3.84. The first-order valence-corrected chi connectivity index (χ1v) is 11.6. The van der Waals surface area contributed by atoms with Crippen LogP contribution in [0.3, 0.4) is 0 Å². The quantitative estimate of drug-likeness (QED) is 0.485. The number of nitrogens with one attached hydrogen (secondary N) is 1. The van der Waals surface area contributed by atoms with Crippen LogP contribution in [0.1, 0.15) is 11.3 Å². The summed E-state index contributed by atoms with van der Waals surface area (Å²) in [5, 5.41) is 5.53. The van der Waals surface area contributed by atoms with Crippen molar-refractivity contribution in [2.75, 3.05) is 5.32 Å². The van der Waals surface area contributed by atoms with Gasteiger partial charge in [-0.25, -0.2) is 17.8 Å². The molecule has 0 fully saturated rings. The fraction of sp³-hybridized carbons (Fsp3) is 0.143. The number of sulfone groups is 1. The van der Waals surface area contributed by atoms with Crippen LogP contribution in [0.2, 0.25) is 0 Å². The SMILES string of the molecule is Cc1csc(NC(=O)Cn2cc(S(=O)(=O)Cc3ccccc3F)c3ccccc32)n1. The highest BCUT2D eigenvalue weighted by Crippen LogP contribution is 2.28. The number of fused-ring (bicyclic) bond motifs is 1. The van der Waals surface area contributed by atoms with Gasteiger partial charge in [-0.2, -0.15) is 0 Å². The third-order valence-corrected chi connectivity index (χ3v) is 7.13. The molecule has 0 unspecified atom stereocenters. The Morgan fingerprint density at radius 1 is 1.17 bits per heavy atom. The van der Waals surface area contributed by atoms with E-state index in [1.165, 1.54) is 35.7 Å². The first-order valence-electron chi connectivity index (χ1n) is 9.09. The summed E-state index contributed by atoms with van der Waals surface area (Å²) in [6.07, 6.45) is 1.44. The van der Waals surface area contributed by atoms with Crippen molar-refractivity contribution in [3.63, 3.8) is 0 Å². The summed E-state index contributed by atoms with van der Waals surface area (Å²) >= 11 is 1.32. The Kier molecular flexibility index (Phi) is 5.40. The van der Waals surface area contributed by atoms with Crippen molar-refractivity contribution in [3.05, 3.63) is 77.2 Å². The van der Waals surface area contributed by atoms with E-state index in [2.05, 4.69) is 10.3 Å². The number of aromatic nitrogens is 2. The summed E-state index contributed by atoms with van der Waals surface area (Å²) in [7, 11) is -3.84. The van der Waals surface area contributed by atoms with Gasteiger partial charge >= 0.3 is 0 Å². The van der Waals surface area contributed by atoms with Gasteiger partial charge in [-0.3, -0.25) is 4.79 Å². The highest BCUT2D eigenvalue weighted by molar-refractivity contribution is 7.90. The van der Waals surface area contributed by atoms with Gasteiger partial charge in [-0.05, 0) is 19.1 Å². The fourth-order valence-electron chi connectivity index (χ4n) is 3.21. The number of benzene rings is 2. The Morgan fingerprint density at radius 2 is 1.90 bits per heavy atom. The number of anilines is 1. The van der Waals surface area contributed by atoms with Gasteiger partial charge in [0.25, 0.3) is 0 Å². The molecule has 0 bridgehead atoms. The highest BCUT2D eigenvalue weighted by atomic mass is 32.2. The highest BCUT2D eigenvalue weighted by Gasteiger charge is 2.23. The molecule has 30 heavy (non-hydrogen) atoms. The molecule has 0 spiro atoms. The van der Waals surface area contributed by atoms with E-state index in [-0.39, 0.29) is 22.9 Å². The number of hydrogen-bond donors (Lipinski definition) is 1. The van der Waals surface area contributed by atoms with Gasteiger partial charge in [0.15, 0.2) is 15.0 Å². The predicted molar refractivity (Wildman–Crippen MR) is 115 cm³/mol. The minimum absolute atomic E-state index is 0.0687. The van der Waals surface area contributed by atoms with E-state index in [9.17, 15) is 17.6 Å². The van der Waals surface area contributed by atoms with Crippen LogP contribution in [0.4, 0.5) is 9.52 Å². The summed E-state index contributed by atoms with van der Waals surface area (Å²) < 4.78 is 41.7. The number of aryl methyl sites for hydroxylation is 1. The Hall–Kier alpha value is -3.04. The number of thiazole rings is 1. The second kappa shape index (κ2) is 8.00. The molecule has 2 aromatic carbocycles. The summed E-state index contributed by atoms with van der Waals surface area (Å²) in [4.78, 5) is 16.7. The molecule has 0 aliphatic heterocycles. The molecular weight excluding hydrogens is 425 g/mol. The van der Waals surface area contributed by atoms with Crippen LogP contribution in [-0.2, 0) is 26.9 Å². The fourth-order valence-corrected chi connectivity index (χ4v) is 5.51. The predicted octanol–water partition coefficient (Wildman–Crippen LogP) is 4.16. The summed E-state index contributed by atoms with van der Waals surface area (Å²) in [6.45, 7) is 1.76. The molecule has 0 atom stereocenters. The zero-order chi connectivity index (χ0) is 21.3. The standard InChI is InChI=1S/C21H18FN3O3S2/c1-14-12-29-21(23-14)24-20(26)11-25-10-19(16-7-3-5-9-18(16)25)30(27,28)13-15-6-2-4-8-17(15)22/h2-10,12H,11,13H2,1H3,(H,23,24,26). The first-order chi connectivity index (χ1) is 14.3. The number of halogens is 1. The molecule has 0 aliphatic rings. The van der Waals surface area contributed by atoms with Gasteiger partial charge in [0.1, 0.15) is 12.4 Å². The monoisotopic (exact) mass is 443 g/mol. The molecule has 4 aromatic rings. The molecule has 0 radical (unpaired) electrons. The van der Waals surface area contributed by atoms with Crippen LogP contribution in [0.15, 0.2) is 65.0 Å². The maximum atomic E-state index is 14.0. The van der Waals surface area contributed by atoms with E-state index in [0.717, 1.165) is 5.69 Å². The van der Waals surface area contributed by atoms with Crippen LogP contribution in [0.25, 0.3) is 10.9 Å². The molecule has 0 saturated heterocycles. The molecule has 1 N–H and O–H groups in total. The van der Waals surface area contributed by atoms with Crippen LogP contribution in [0, 0.1) is 12.7 Å². The molecule has 6 nitrogen and oxygen atoms in total. The molecule has 0 saturated carbocycles. The summed E-state index contributed by atoms with van der Waals surface area (Å²) in [5.74, 6) is -1.34. The normalized spacial score (nSPS) is 11.7. The van der Waals surface area contributed by atoms with Crippen LogP contribution in [0.5, 0.6) is 0 Å². The molecule has 154 valence electrons. The Bertz CT molecular complexity index is 1340.